The minimum atomic E-state index is 0.180. The number of aromatic nitrogens is 4. The quantitative estimate of drug-likeness (QED) is 0.752. The topological polar surface area (TPSA) is 55.6 Å². The molecule has 0 saturated carbocycles. The number of hydrogen-bond acceptors (Lipinski definition) is 5. The summed E-state index contributed by atoms with van der Waals surface area (Å²) in [4.78, 5) is 4.75. The third kappa shape index (κ3) is 3.48. The minimum absolute atomic E-state index is 0.180. The Labute approximate surface area is 140 Å². The monoisotopic (exact) mass is 327 g/mol. The number of nitrogens with one attached hydrogen (secondary N) is 1. The van der Waals surface area contributed by atoms with Gasteiger partial charge in [-0.2, -0.15) is 0 Å². The lowest BCUT2D eigenvalue weighted by Gasteiger charge is -2.11. The van der Waals surface area contributed by atoms with Crippen LogP contribution in [0.4, 0.5) is 0 Å². The molecule has 6 heteroatoms. The molecule has 5 nitrogen and oxygen atoms in total. The van der Waals surface area contributed by atoms with E-state index in [1.54, 1.807) is 11.3 Å². The molecule has 0 unspecified atom stereocenters. The first kappa shape index (κ1) is 15.8. The molecule has 0 fully saturated rings. The smallest absolute Gasteiger partial charge is 0.147 e. The molecule has 1 aromatic carbocycles. The summed E-state index contributed by atoms with van der Waals surface area (Å²) < 4.78 is 2.12. The second kappa shape index (κ2) is 7.02. The number of aryl methyl sites for hydroxylation is 1. The summed E-state index contributed by atoms with van der Waals surface area (Å²) in [5.41, 5.74) is 2.19. The molecule has 1 N–H and O–H groups in total. The fraction of sp³-hybridized carbons (Fsp3) is 0.353. The summed E-state index contributed by atoms with van der Waals surface area (Å²) in [6.07, 6.45) is 0. The van der Waals surface area contributed by atoms with Crippen LogP contribution >= 0.6 is 11.3 Å². The average molecular weight is 327 g/mol. The van der Waals surface area contributed by atoms with Crippen LogP contribution in [-0.2, 0) is 13.1 Å². The molecule has 23 heavy (non-hydrogen) atoms. The standard InChI is InChI=1S/C17H21N5S/c1-4-22-13(3)20-21-16(22)10-18-12(2)17-19-15(11-23-17)14-8-6-5-7-9-14/h5-9,11-12,18H,4,10H2,1-3H3/t12-/m1/s1. The summed E-state index contributed by atoms with van der Waals surface area (Å²) in [6, 6.07) is 10.4. The molecule has 1 atom stereocenters. The summed E-state index contributed by atoms with van der Waals surface area (Å²) in [6.45, 7) is 7.80. The Hall–Kier alpha value is -2.05. The van der Waals surface area contributed by atoms with Crippen LogP contribution in [0.15, 0.2) is 35.7 Å². The van der Waals surface area contributed by atoms with Crippen molar-refractivity contribution in [1.29, 1.82) is 0 Å². The molecular formula is C17H21N5S. The number of nitrogens with zero attached hydrogens (tertiary/aromatic N) is 4. The number of benzene rings is 1. The molecule has 0 aliphatic rings. The fourth-order valence-electron chi connectivity index (χ4n) is 2.53. The molecule has 0 spiro atoms. The Morgan fingerprint density at radius 2 is 2.00 bits per heavy atom. The van der Waals surface area contributed by atoms with Gasteiger partial charge in [-0.15, -0.1) is 21.5 Å². The minimum Gasteiger partial charge on any atom is -0.314 e. The number of hydrogen-bond donors (Lipinski definition) is 1. The van der Waals surface area contributed by atoms with Crippen molar-refractivity contribution in [1.82, 2.24) is 25.1 Å². The lowest BCUT2D eigenvalue weighted by Crippen LogP contribution is -2.20. The van der Waals surface area contributed by atoms with Crippen molar-refractivity contribution in [3.8, 4) is 11.3 Å². The van der Waals surface area contributed by atoms with Crippen molar-refractivity contribution in [2.24, 2.45) is 0 Å². The van der Waals surface area contributed by atoms with Crippen molar-refractivity contribution >= 4 is 11.3 Å². The summed E-state index contributed by atoms with van der Waals surface area (Å²) in [5.74, 6) is 1.93. The molecule has 0 radical (unpaired) electrons. The van der Waals surface area contributed by atoms with Crippen LogP contribution in [0, 0.1) is 6.92 Å². The third-order valence-electron chi connectivity index (χ3n) is 3.86. The maximum atomic E-state index is 4.75. The van der Waals surface area contributed by atoms with Gasteiger partial charge in [-0.3, -0.25) is 0 Å². The van der Waals surface area contributed by atoms with Crippen molar-refractivity contribution in [2.75, 3.05) is 0 Å². The average Bonchev–Trinajstić information content (AvgIpc) is 3.20. The van der Waals surface area contributed by atoms with Crippen molar-refractivity contribution in [2.45, 2.75) is 39.9 Å². The van der Waals surface area contributed by atoms with Gasteiger partial charge in [-0.1, -0.05) is 30.3 Å². The molecule has 0 aliphatic heterocycles. The van der Waals surface area contributed by atoms with Crippen LogP contribution in [-0.4, -0.2) is 19.7 Å². The zero-order valence-corrected chi connectivity index (χ0v) is 14.5. The molecular weight excluding hydrogens is 306 g/mol. The SMILES string of the molecule is CCn1c(C)nnc1CN[C@H](C)c1nc(-c2ccccc2)cs1. The molecule has 2 aromatic heterocycles. The van der Waals surface area contributed by atoms with Gasteiger partial charge in [0.05, 0.1) is 18.3 Å². The maximum absolute atomic E-state index is 4.75. The highest BCUT2D eigenvalue weighted by Gasteiger charge is 2.13. The largest absolute Gasteiger partial charge is 0.314 e. The molecule has 3 aromatic rings. The van der Waals surface area contributed by atoms with E-state index >= 15 is 0 Å². The third-order valence-corrected chi connectivity index (χ3v) is 4.88. The molecule has 3 rings (SSSR count). The Morgan fingerprint density at radius 3 is 2.74 bits per heavy atom. The summed E-state index contributed by atoms with van der Waals surface area (Å²) in [7, 11) is 0. The summed E-state index contributed by atoms with van der Waals surface area (Å²) in [5, 5.41) is 15.1. The van der Waals surface area contributed by atoms with Gasteiger partial charge in [0.15, 0.2) is 0 Å². The van der Waals surface area contributed by atoms with Crippen molar-refractivity contribution < 1.29 is 0 Å². The van der Waals surface area contributed by atoms with Gasteiger partial charge >= 0.3 is 0 Å². The van der Waals surface area contributed by atoms with Gasteiger partial charge in [0, 0.05) is 17.5 Å². The second-order valence-corrected chi connectivity index (χ2v) is 6.34. The lowest BCUT2D eigenvalue weighted by atomic mass is 10.2. The van der Waals surface area contributed by atoms with Crippen molar-refractivity contribution in [3.05, 3.63) is 52.4 Å². The zero-order valence-electron chi connectivity index (χ0n) is 13.7. The van der Waals surface area contributed by atoms with E-state index in [0.717, 1.165) is 34.5 Å². The van der Waals surface area contributed by atoms with Gasteiger partial charge in [0.2, 0.25) is 0 Å². The maximum Gasteiger partial charge on any atom is 0.147 e. The molecule has 0 amide bonds. The van der Waals surface area contributed by atoms with Crippen LogP contribution in [0.2, 0.25) is 0 Å². The van der Waals surface area contributed by atoms with E-state index in [2.05, 4.69) is 51.4 Å². The van der Waals surface area contributed by atoms with Crippen LogP contribution in [0.25, 0.3) is 11.3 Å². The first-order chi connectivity index (χ1) is 11.2. The zero-order chi connectivity index (χ0) is 16.2. The van der Waals surface area contributed by atoms with Crippen LogP contribution in [0.3, 0.4) is 0 Å². The molecule has 0 aliphatic carbocycles. The Morgan fingerprint density at radius 1 is 1.22 bits per heavy atom. The Balaban J connectivity index is 1.67. The van der Waals surface area contributed by atoms with E-state index in [9.17, 15) is 0 Å². The van der Waals surface area contributed by atoms with Crippen LogP contribution in [0.5, 0.6) is 0 Å². The van der Waals surface area contributed by atoms with E-state index in [4.69, 9.17) is 4.98 Å². The van der Waals surface area contributed by atoms with E-state index in [1.165, 1.54) is 0 Å². The molecule has 120 valence electrons. The first-order valence-electron chi connectivity index (χ1n) is 7.82. The number of rotatable bonds is 6. The van der Waals surface area contributed by atoms with E-state index in [-0.39, 0.29) is 6.04 Å². The van der Waals surface area contributed by atoms with Gasteiger partial charge in [-0.05, 0) is 20.8 Å². The highest BCUT2D eigenvalue weighted by atomic mass is 32.1. The van der Waals surface area contributed by atoms with Gasteiger partial charge in [0.25, 0.3) is 0 Å². The normalized spacial score (nSPS) is 12.5. The van der Waals surface area contributed by atoms with Crippen LogP contribution < -0.4 is 5.32 Å². The van der Waals surface area contributed by atoms with E-state index < -0.39 is 0 Å². The highest BCUT2D eigenvalue weighted by Crippen LogP contribution is 2.25. The highest BCUT2D eigenvalue weighted by molar-refractivity contribution is 7.10. The first-order valence-corrected chi connectivity index (χ1v) is 8.70. The van der Waals surface area contributed by atoms with Gasteiger partial charge in [-0.25, -0.2) is 4.98 Å². The van der Waals surface area contributed by atoms with Crippen LogP contribution in [0.1, 0.15) is 36.5 Å². The summed E-state index contributed by atoms with van der Waals surface area (Å²) >= 11 is 1.69. The lowest BCUT2D eigenvalue weighted by molar-refractivity contribution is 0.536. The van der Waals surface area contributed by atoms with Gasteiger partial charge < -0.3 is 9.88 Å². The molecule has 0 bridgehead atoms. The second-order valence-electron chi connectivity index (χ2n) is 5.45. The Bertz CT molecular complexity index is 762. The van der Waals surface area contributed by atoms with Crippen molar-refractivity contribution in [3.63, 3.8) is 0 Å². The van der Waals surface area contributed by atoms with E-state index in [1.807, 2.05) is 25.1 Å². The van der Waals surface area contributed by atoms with E-state index in [0.29, 0.717) is 6.54 Å². The Kier molecular flexibility index (Phi) is 4.83. The predicted octanol–water partition coefficient (Wildman–Crippen LogP) is 3.58. The predicted molar refractivity (Wildman–Crippen MR) is 93.2 cm³/mol. The van der Waals surface area contributed by atoms with Gasteiger partial charge in [0.1, 0.15) is 16.7 Å². The number of thiazole rings is 1. The fourth-order valence-corrected chi connectivity index (χ4v) is 3.39. The molecule has 0 saturated heterocycles. The molecule has 2 heterocycles.